The molecule has 0 N–H and O–H groups in total. The number of nitrogens with zero attached hydrogens (tertiary/aromatic N) is 1. The summed E-state index contributed by atoms with van der Waals surface area (Å²) in [4.78, 5) is 14.5. The molecule has 1 saturated carbocycles. The highest BCUT2D eigenvalue weighted by Crippen LogP contribution is 2.55. The van der Waals surface area contributed by atoms with Gasteiger partial charge in [0, 0.05) is 20.1 Å². The van der Waals surface area contributed by atoms with Gasteiger partial charge < -0.3 is 14.4 Å². The summed E-state index contributed by atoms with van der Waals surface area (Å²) >= 11 is 0. The summed E-state index contributed by atoms with van der Waals surface area (Å²) in [7, 11) is 1.67. The van der Waals surface area contributed by atoms with Gasteiger partial charge in [-0.2, -0.15) is 0 Å². The van der Waals surface area contributed by atoms with Gasteiger partial charge in [0.15, 0.2) is 5.57 Å². The van der Waals surface area contributed by atoms with Crippen molar-refractivity contribution in [3.63, 3.8) is 0 Å². The van der Waals surface area contributed by atoms with Gasteiger partial charge in [-0.1, -0.05) is 12.8 Å². The zero-order valence-corrected chi connectivity index (χ0v) is 11.4. The smallest absolute Gasteiger partial charge is 0.311 e. The molecule has 0 radical (unpaired) electrons. The van der Waals surface area contributed by atoms with Gasteiger partial charge in [0.1, 0.15) is 12.0 Å². The molecule has 1 spiro atoms. The molecule has 3 heterocycles. The zero-order chi connectivity index (χ0) is 13.0. The van der Waals surface area contributed by atoms with E-state index in [0.717, 1.165) is 31.6 Å². The molecule has 4 nitrogen and oxygen atoms in total. The zero-order valence-electron chi connectivity index (χ0n) is 11.4. The lowest BCUT2D eigenvalue weighted by atomic mass is 9.67. The summed E-state index contributed by atoms with van der Waals surface area (Å²) in [6.07, 6.45) is 8.15. The fraction of sp³-hybridized carbons (Fsp3) is 0.733. The van der Waals surface area contributed by atoms with Gasteiger partial charge in [0.25, 0.3) is 0 Å². The van der Waals surface area contributed by atoms with E-state index in [-0.39, 0.29) is 11.8 Å². The van der Waals surface area contributed by atoms with Crippen LogP contribution in [-0.2, 0) is 14.3 Å². The van der Waals surface area contributed by atoms with Gasteiger partial charge in [-0.05, 0) is 18.8 Å². The molecule has 0 unspecified atom stereocenters. The third kappa shape index (κ3) is 1.38. The molecule has 102 valence electrons. The lowest BCUT2D eigenvalue weighted by Gasteiger charge is -2.44. The maximum atomic E-state index is 12.3. The molecule has 4 aliphatic rings. The van der Waals surface area contributed by atoms with Gasteiger partial charge in [0.05, 0.1) is 6.42 Å². The van der Waals surface area contributed by atoms with Crippen LogP contribution in [0.3, 0.4) is 0 Å². The maximum absolute atomic E-state index is 12.3. The summed E-state index contributed by atoms with van der Waals surface area (Å²) in [5.41, 5.74) is 1.21. The Morgan fingerprint density at radius 1 is 1.47 bits per heavy atom. The Morgan fingerprint density at radius 2 is 2.37 bits per heavy atom. The molecule has 0 aromatic heterocycles. The predicted molar refractivity (Wildman–Crippen MR) is 68.8 cm³/mol. The lowest BCUT2D eigenvalue weighted by molar-refractivity contribution is -0.131. The first-order chi connectivity index (χ1) is 9.25. The van der Waals surface area contributed by atoms with E-state index in [1.165, 1.54) is 24.8 Å². The van der Waals surface area contributed by atoms with Crippen LogP contribution in [-0.4, -0.2) is 36.3 Å². The second-order valence-electron chi connectivity index (χ2n) is 6.09. The number of methoxy groups -OCH3 is 1. The van der Waals surface area contributed by atoms with Crippen LogP contribution < -0.4 is 0 Å². The van der Waals surface area contributed by atoms with Crippen LogP contribution in [0, 0.1) is 12.3 Å². The molecule has 2 fully saturated rings. The first kappa shape index (κ1) is 11.6. The molecule has 1 amide bonds. The maximum Gasteiger partial charge on any atom is 0.311 e. The van der Waals surface area contributed by atoms with Gasteiger partial charge in [0.2, 0.25) is 11.7 Å². The van der Waals surface area contributed by atoms with Crippen molar-refractivity contribution >= 4 is 5.91 Å². The van der Waals surface area contributed by atoms with Crippen molar-refractivity contribution < 1.29 is 14.3 Å². The molecule has 3 aliphatic heterocycles. The molecule has 1 saturated heterocycles. The van der Waals surface area contributed by atoms with Crippen LogP contribution >= 0.6 is 0 Å². The van der Waals surface area contributed by atoms with Gasteiger partial charge in [-0.3, -0.25) is 4.79 Å². The Kier molecular flexibility index (Phi) is 2.40. The van der Waals surface area contributed by atoms with Crippen molar-refractivity contribution in [1.82, 2.24) is 4.90 Å². The highest BCUT2D eigenvalue weighted by molar-refractivity contribution is 5.82. The van der Waals surface area contributed by atoms with Crippen LogP contribution in [0.15, 0.2) is 11.3 Å². The molecule has 0 aromatic carbocycles. The average molecular weight is 262 g/mol. The largest absolute Gasteiger partial charge is 0.356 e. The van der Waals surface area contributed by atoms with Crippen LogP contribution in [0.1, 0.15) is 38.5 Å². The number of amides is 1. The van der Waals surface area contributed by atoms with Gasteiger partial charge >= 0.3 is 6.29 Å². The fourth-order valence-corrected chi connectivity index (χ4v) is 4.60. The third-order valence-corrected chi connectivity index (χ3v) is 5.36. The number of carbonyl (C=O) groups is 1. The fourth-order valence-electron chi connectivity index (χ4n) is 4.60. The molecule has 4 heteroatoms. The van der Waals surface area contributed by atoms with Gasteiger partial charge in [-0.15, -0.1) is 0 Å². The monoisotopic (exact) mass is 262 g/mol. The number of ether oxygens (including phenoxy) is 2. The highest BCUT2D eigenvalue weighted by atomic mass is 16.7. The molecule has 0 bridgehead atoms. The summed E-state index contributed by atoms with van der Waals surface area (Å²) in [5.74, 6) is 1.90. The normalized spacial score (nSPS) is 40.5. The molecule has 1 aliphatic carbocycles. The minimum atomic E-state index is -0.252. The van der Waals surface area contributed by atoms with Crippen molar-refractivity contribution in [2.24, 2.45) is 5.92 Å². The highest BCUT2D eigenvalue weighted by Gasteiger charge is 2.64. The Hall–Kier alpha value is -1.16. The second kappa shape index (κ2) is 3.92. The Morgan fingerprint density at radius 3 is 3.21 bits per heavy atom. The number of carbonyl (C=O) groups excluding carboxylic acids is 1. The summed E-state index contributed by atoms with van der Waals surface area (Å²) < 4.78 is 11.2. The van der Waals surface area contributed by atoms with Crippen LogP contribution in [0.2, 0.25) is 0 Å². The SMILES string of the molecule is CO[C@H]1[CH+]C2=C(CCN3C(=O)C[C@@H]4CCCC[C@@]243)O1. The van der Waals surface area contributed by atoms with E-state index < -0.39 is 0 Å². The van der Waals surface area contributed by atoms with Crippen molar-refractivity contribution in [3.8, 4) is 0 Å². The molecular formula is C15H20NO3+. The van der Waals surface area contributed by atoms with Crippen LogP contribution in [0.5, 0.6) is 0 Å². The van der Waals surface area contributed by atoms with Gasteiger partial charge in [-0.25, -0.2) is 0 Å². The topological polar surface area (TPSA) is 38.8 Å². The summed E-state index contributed by atoms with van der Waals surface area (Å²) in [6.45, 7) is 0.818. The molecule has 3 atom stereocenters. The van der Waals surface area contributed by atoms with E-state index in [1.807, 2.05) is 0 Å². The first-order valence-corrected chi connectivity index (χ1v) is 7.34. The number of rotatable bonds is 1. The first-order valence-electron chi connectivity index (χ1n) is 7.34. The molecule has 4 rings (SSSR count). The van der Waals surface area contributed by atoms with E-state index in [2.05, 4.69) is 11.3 Å². The average Bonchev–Trinajstić information content (AvgIpc) is 2.96. The predicted octanol–water partition coefficient (Wildman–Crippen LogP) is 2.01. The third-order valence-electron chi connectivity index (χ3n) is 5.36. The van der Waals surface area contributed by atoms with E-state index in [0.29, 0.717) is 11.8 Å². The Labute approximate surface area is 113 Å². The van der Waals surface area contributed by atoms with Crippen molar-refractivity contribution in [2.45, 2.75) is 50.4 Å². The Bertz CT molecular complexity index is 458. The summed E-state index contributed by atoms with van der Waals surface area (Å²) in [6, 6.07) is 0. The van der Waals surface area contributed by atoms with Crippen molar-refractivity contribution in [2.75, 3.05) is 13.7 Å². The van der Waals surface area contributed by atoms with E-state index in [9.17, 15) is 4.79 Å². The Balaban J connectivity index is 1.78. The van der Waals surface area contributed by atoms with E-state index in [4.69, 9.17) is 9.47 Å². The minimum absolute atomic E-state index is 0.0593. The van der Waals surface area contributed by atoms with Crippen molar-refractivity contribution in [1.29, 1.82) is 0 Å². The number of hydrogen-bond acceptors (Lipinski definition) is 3. The summed E-state index contributed by atoms with van der Waals surface area (Å²) in [5, 5.41) is 0. The van der Waals surface area contributed by atoms with E-state index in [1.54, 1.807) is 7.11 Å². The quantitative estimate of drug-likeness (QED) is 0.679. The van der Waals surface area contributed by atoms with Crippen LogP contribution in [0.4, 0.5) is 0 Å². The van der Waals surface area contributed by atoms with E-state index >= 15 is 0 Å². The standard InChI is InChI=1S/C15H20NO3/c1-18-14-9-11-12(19-14)5-7-16-13(17)8-10-4-2-3-6-15(10,11)16/h9-10,14H,2-8H2,1H3/q+1/t10-,14+,15-/m0/s1. The molecule has 0 aromatic rings. The number of hydrogen-bond donors (Lipinski definition) is 0. The van der Waals surface area contributed by atoms with Crippen molar-refractivity contribution in [3.05, 3.63) is 17.8 Å². The lowest BCUT2D eigenvalue weighted by Crippen LogP contribution is -2.54. The molecular weight excluding hydrogens is 242 g/mol. The molecule has 19 heavy (non-hydrogen) atoms. The van der Waals surface area contributed by atoms with Crippen LogP contribution in [0.25, 0.3) is 0 Å². The second-order valence-corrected chi connectivity index (χ2v) is 6.09. The minimum Gasteiger partial charge on any atom is -0.356 e.